The second-order valence-electron chi connectivity index (χ2n) is 6.16. The number of anilines is 2. The molecule has 0 aliphatic rings. The van der Waals surface area contributed by atoms with Gasteiger partial charge in [-0.1, -0.05) is 29.8 Å². The van der Waals surface area contributed by atoms with Gasteiger partial charge in [0.2, 0.25) is 0 Å². The topological polar surface area (TPSA) is 58.2 Å². The van der Waals surface area contributed by atoms with Gasteiger partial charge in [-0.25, -0.2) is 0 Å². The van der Waals surface area contributed by atoms with Crippen molar-refractivity contribution in [2.24, 2.45) is 0 Å². The molecule has 1 heterocycles. The second kappa shape index (κ2) is 8.77. The highest BCUT2D eigenvalue weighted by atomic mass is 35.5. The molecule has 0 unspecified atom stereocenters. The lowest BCUT2D eigenvalue weighted by Gasteiger charge is -2.14. The van der Waals surface area contributed by atoms with Crippen LogP contribution >= 0.6 is 23.8 Å². The number of nitrogens with one attached hydrogen (secondary N) is 3. The van der Waals surface area contributed by atoms with Crippen molar-refractivity contribution in [2.75, 3.05) is 10.7 Å². The predicted molar refractivity (Wildman–Crippen MR) is 123 cm³/mol. The lowest BCUT2D eigenvalue weighted by atomic mass is 10.2. The minimum absolute atomic E-state index is 0.431. The highest BCUT2D eigenvalue weighted by Crippen LogP contribution is 2.24. The minimum atomic E-state index is 0.431. The van der Waals surface area contributed by atoms with E-state index >= 15 is 0 Å². The van der Waals surface area contributed by atoms with Gasteiger partial charge in [0.15, 0.2) is 5.11 Å². The highest BCUT2D eigenvalue weighted by Gasteiger charge is 2.04. The summed E-state index contributed by atoms with van der Waals surface area (Å²) in [5.41, 5.74) is 8.59. The maximum absolute atomic E-state index is 6.03. The maximum Gasteiger partial charge on any atom is 0.189 e. The molecule has 0 saturated heterocycles. The van der Waals surface area contributed by atoms with Gasteiger partial charge in [-0.15, -0.1) is 0 Å². The molecule has 5 nitrogen and oxygen atoms in total. The third kappa shape index (κ3) is 4.93. The average molecular weight is 421 g/mol. The summed E-state index contributed by atoms with van der Waals surface area (Å²) in [6.45, 7) is 0. The molecule has 4 aromatic rings. The smallest absolute Gasteiger partial charge is 0.189 e. The predicted octanol–water partition coefficient (Wildman–Crippen LogP) is 5.99. The van der Waals surface area contributed by atoms with Crippen LogP contribution in [0.1, 0.15) is 0 Å². The summed E-state index contributed by atoms with van der Waals surface area (Å²) in [7, 11) is 0. The van der Waals surface area contributed by atoms with Crippen molar-refractivity contribution < 1.29 is 4.74 Å². The normalized spacial score (nSPS) is 10.4. The van der Waals surface area contributed by atoms with Crippen molar-refractivity contribution in [2.45, 2.75) is 0 Å². The molecule has 0 atom stereocenters. The fourth-order valence-corrected chi connectivity index (χ4v) is 3.08. The van der Waals surface area contributed by atoms with Gasteiger partial charge in [-0.2, -0.15) is 0 Å². The van der Waals surface area contributed by atoms with Crippen LogP contribution in [0.4, 0.5) is 11.4 Å². The number of hydrogen-bond acceptors (Lipinski definition) is 4. The van der Waals surface area contributed by atoms with E-state index in [1.807, 2.05) is 78.9 Å². The molecule has 0 radical (unpaired) electrons. The van der Waals surface area contributed by atoms with Gasteiger partial charge >= 0.3 is 0 Å². The van der Waals surface area contributed by atoms with Crippen molar-refractivity contribution >= 4 is 51.2 Å². The van der Waals surface area contributed by atoms with Crippen LogP contribution in [0.15, 0.2) is 85.1 Å². The molecular formula is C22H17ClN4OS. The van der Waals surface area contributed by atoms with E-state index in [4.69, 9.17) is 28.6 Å². The van der Waals surface area contributed by atoms with E-state index in [1.165, 1.54) is 0 Å². The van der Waals surface area contributed by atoms with Crippen molar-refractivity contribution in [3.63, 3.8) is 0 Å². The number of pyridine rings is 1. The Morgan fingerprint density at radius 2 is 1.66 bits per heavy atom. The van der Waals surface area contributed by atoms with Crippen LogP contribution in [0.3, 0.4) is 0 Å². The molecule has 0 spiro atoms. The first-order valence-corrected chi connectivity index (χ1v) is 9.66. The van der Waals surface area contributed by atoms with Crippen LogP contribution in [0, 0.1) is 0 Å². The maximum atomic E-state index is 6.03. The van der Waals surface area contributed by atoms with Crippen LogP contribution < -0.4 is 20.9 Å². The third-order valence-electron chi connectivity index (χ3n) is 4.11. The molecule has 29 heavy (non-hydrogen) atoms. The number of rotatable bonds is 5. The van der Waals surface area contributed by atoms with Crippen LogP contribution in [0.2, 0.25) is 5.02 Å². The molecule has 0 saturated carbocycles. The Morgan fingerprint density at radius 1 is 0.897 bits per heavy atom. The van der Waals surface area contributed by atoms with E-state index in [9.17, 15) is 0 Å². The zero-order valence-electron chi connectivity index (χ0n) is 15.2. The first-order valence-electron chi connectivity index (χ1n) is 8.88. The van der Waals surface area contributed by atoms with Crippen LogP contribution in [-0.4, -0.2) is 10.1 Å². The Hall–Kier alpha value is -3.35. The minimum Gasteiger partial charge on any atom is -0.457 e. The molecular weight excluding hydrogens is 404 g/mol. The fraction of sp³-hybridized carbons (Fsp3) is 0. The molecule has 7 heteroatoms. The van der Waals surface area contributed by atoms with E-state index in [1.54, 1.807) is 6.20 Å². The number of para-hydroxylation sites is 1. The molecule has 0 aliphatic heterocycles. The summed E-state index contributed by atoms with van der Waals surface area (Å²) in [6, 6.07) is 24.6. The Bertz CT molecular complexity index is 1140. The van der Waals surface area contributed by atoms with Gasteiger partial charge in [0.25, 0.3) is 0 Å². The average Bonchev–Trinajstić information content (AvgIpc) is 2.74. The second-order valence-corrected chi connectivity index (χ2v) is 7.01. The zero-order chi connectivity index (χ0) is 20.1. The van der Waals surface area contributed by atoms with Gasteiger partial charge in [-0.3, -0.25) is 15.8 Å². The number of halogens is 1. The van der Waals surface area contributed by atoms with Gasteiger partial charge in [-0.05, 0) is 72.9 Å². The van der Waals surface area contributed by atoms with Gasteiger partial charge in [0, 0.05) is 22.3 Å². The fourth-order valence-electron chi connectivity index (χ4n) is 2.75. The molecule has 144 valence electrons. The Morgan fingerprint density at radius 3 is 2.45 bits per heavy atom. The summed E-state index contributed by atoms with van der Waals surface area (Å²) >= 11 is 11.4. The van der Waals surface area contributed by atoms with Crippen molar-refractivity contribution in [1.82, 2.24) is 10.4 Å². The van der Waals surface area contributed by atoms with Gasteiger partial charge < -0.3 is 10.1 Å². The zero-order valence-corrected chi connectivity index (χ0v) is 16.8. The number of hydrazine groups is 1. The number of aromatic nitrogens is 1. The molecule has 3 N–H and O–H groups in total. The van der Waals surface area contributed by atoms with Gasteiger partial charge in [0.1, 0.15) is 11.5 Å². The van der Waals surface area contributed by atoms with E-state index in [2.05, 4.69) is 21.2 Å². The van der Waals surface area contributed by atoms with Crippen molar-refractivity contribution in [1.29, 1.82) is 0 Å². The molecule has 3 aromatic carbocycles. The summed E-state index contributed by atoms with van der Waals surface area (Å²) in [4.78, 5) is 4.32. The first-order chi connectivity index (χ1) is 14.2. The molecule has 1 aromatic heterocycles. The Labute approximate surface area is 178 Å². The largest absolute Gasteiger partial charge is 0.457 e. The number of nitrogens with zero attached hydrogens (tertiary/aromatic N) is 1. The summed E-state index contributed by atoms with van der Waals surface area (Å²) in [6.07, 6.45) is 1.71. The standard InChI is InChI=1S/C22H17ClN4OS/c23-15-6-11-19-20(12-13-24-21(19)14-15)26-27-22(29)25-16-7-9-18(10-8-16)28-17-4-2-1-3-5-17/h1-14H,(H,24,26)(H2,25,27,29). The van der Waals surface area contributed by atoms with Crippen LogP contribution in [0.5, 0.6) is 11.5 Å². The van der Waals surface area contributed by atoms with E-state index < -0.39 is 0 Å². The van der Waals surface area contributed by atoms with E-state index in [-0.39, 0.29) is 0 Å². The number of benzene rings is 3. The summed E-state index contributed by atoms with van der Waals surface area (Å²) < 4.78 is 5.79. The first kappa shape index (κ1) is 19.0. The van der Waals surface area contributed by atoms with Crippen LogP contribution in [0.25, 0.3) is 10.9 Å². The summed E-state index contributed by atoms with van der Waals surface area (Å²) in [5, 5.41) is 5.14. The monoisotopic (exact) mass is 420 g/mol. The Balaban J connectivity index is 1.35. The van der Waals surface area contributed by atoms with E-state index in [0.29, 0.717) is 10.1 Å². The molecule has 0 amide bonds. The van der Waals surface area contributed by atoms with Crippen molar-refractivity contribution in [3.05, 3.63) is 90.1 Å². The van der Waals surface area contributed by atoms with Crippen LogP contribution in [-0.2, 0) is 0 Å². The number of ether oxygens (including phenoxy) is 1. The molecule has 4 rings (SSSR count). The quantitative estimate of drug-likeness (QED) is 0.272. The van der Waals surface area contributed by atoms with E-state index in [0.717, 1.165) is 33.8 Å². The molecule has 0 aliphatic carbocycles. The highest BCUT2D eigenvalue weighted by molar-refractivity contribution is 7.80. The lowest BCUT2D eigenvalue weighted by Crippen LogP contribution is -2.33. The van der Waals surface area contributed by atoms with Gasteiger partial charge in [0.05, 0.1) is 11.2 Å². The number of thiocarbonyl (C=S) groups is 1. The number of hydrogen-bond donors (Lipinski definition) is 3. The molecule has 0 fully saturated rings. The Kier molecular flexibility index (Phi) is 5.74. The number of fused-ring (bicyclic) bond motifs is 1. The lowest BCUT2D eigenvalue weighted by molar-refractivity contribution is 0.483. The third-order valence-corrected chi connectivity index (χ3v) is 4.55. The SMILES string of the molecule is S=C(NNc1ccnc2cc(Cl)ccc12)Nc1ccc(Oc2ccccc2)cc1. The summed E-state index contributed by atoms with van der Waals surface area (Å²) in [5.74, 6) is 1.54. The molecule has 0 bridgehead atoms. The van der Waals surface area contributed by atoms with Crippen molar-refractivity contribution in [3.8, 4) is 11.5 Å².